The third-order valence-corrected chi connectivity index (χ3v) is 4.16. The normalized spacial score (nSPS) is 11.2. The van der Waals surface area contributed by atoms with Crippen molar-refractivity contribution in [3.05, 3.63) is 59.7 Å². The van der Waals surface area contributed by atoms with E-state index in [1.807, 2.05) is 6.07 Å². The quantitative estimate of drug-likeness (QED) is 0.646. The summed E-state index contributed by atoms with van der Waals surface area (Å²) in [6.45, 7) is 0. The lowest BCUT2D eigenvalue weighted by molar-refractivity contribution is -0.133. The van der Waals surface area contributed by atoms with Crippen molar-refractivity contribution in [2.24, 2.45) is 0 Å². The number of para-hydroxylation sites is 1. The number of rotatable bonds is 6. The number of aryl methyl sites for hydroxylation is 1. The average Bonchev–Trinajstić information content (AvgIpc) is 2.46. The third-order valence-electron chi connectivity index (χ3n) is 3.22. The van der Waals surface area contributed by atoms with Crippen molar-refractivity contribution in [2.45, 2.75) is 12.8 Å². The molecule has 0 bridgehead atoms. The van der Waals surface area contributed by atoms with Gasteiger partial charge in [-0.2, -0.15) is 0 Å². The minimum atomic E-state index is -3.09. The summed E-state index contributed by atoms with van der Waals surface area (Å²) >= 11 is 0. The highest BCUT2D eigenvalue weighted by molar-refractivity contribution is 7.90. The summed E-state index contributed by atoms with van der Waals surface area (Å²) < 4.78 is 27.5. The molecule has 0 saturated carbocycles. The van der Waals surface area contributed by atoms with Gasteiger partial charge in [0.25, 0.3) is 0 Å². The van der Waals surface area contributed by atoms with Crippen molar-refractivity contribution in [2.75, 3.05) is 12.0 Å². The highest BCUT2D eigenvalue weighted by Gasteiger charge is 2.10. The van der Waals surface area contributed by atoms with Crippen LogP contribution in [0, 0.1) is 0 Å². The van der Waals surface area contributed by atoms with E-state index in [1.54, 1.807) is 36.4 Å². The van der Waals surface area contributed by atoms with Crippen LogP contribution in [0.5, 0.6) is 11.5 Å². The average molecular weight is 334 g/mol. The maximum absolute atomic E-state index is 11.9. The number of ether oxygens (including phenoxy) is 1. The Hall–Kier alpha value is -2.34. The van der Waals surface area contributed by atoms with E-state index < -0.39 is 15.8 Å². The summed E-state index contributed by atoms with van der Waals surface area (Å²) in [5.41, 5.74) is 1.14. The molecule has 0 aromatic heterocycles. The first-order valence-electron chi connectivity index (χ1n) is 7.08. The van der Waals surface area contributed by atoms with Gasteiger partial charge in [-0.15, -0.1) is 0 Å². The van der Waals surface area contributed by atoms with Gasteiger partial charge >= 0.3 is 5.97 Å². The molecule has 122 valence electrons. The lowest BCUT2D eigenvalue weighted by atomic mass is 10.1. The van der Waals surface area contributed by atoms with E-state index in [4.69, 9.17) is 4.74 Å². The molecule has 0 saturated heterocycles. The largest absolute Gasteiger partial charge is 0.508 e. The van der Waals surface area contributed by atoms with Crippen LogP contribution >= 0.6 is 0 Å². The molecule has 0 aliphatic rings. The molecule has 0 fully saturated rings. The first-order chi connectivity index (χ1) is 10.8. The van der Waals surface area contributed by atoms with Crippen LogP contribution in [0.2, 0.25) is 0 Å². The predicted octanol–water partition coefficient (Wildman–Crippen LogP) is 2.13. The van der Waals surface area contributed by atoms with Crippen LogP contribution in [0.25, 0.3) is 0 Å². The van der Waals surface area contributed by atoms with Crippen molar-refractivity contribution >= 4 is 15.8 Å². The Labute approximate surface area is 135 Å². The van der Waals surface area contributed by atoms with E-state index in [1.165, 1.54) is 6.07 Å². The molecule has 23 heavy (non-hydrogen) atoms. The van der Waals surface area contributed by atoms with E-state index in [0.29, 0.717) is 16.9 Å². The second kappa shape index (κ2) is 7.28. The molecule has 0 atom stereocenters. The number of phenols is 1. The first kappa shape index (κ1) is 17.0. The number of sulfone groups is 1. The van der Waals surface area contributed by atoms with Crippen molar-refractivity contribution in [3.8, 4) is 11.5 Å². The van der Waals surface area contributed by atoms with Crippen molar-refractivity contribution in [1.82, 2.24) is 0 Å². The lowest BCUT2D eigenvalue weighted by Crippen LogP contribution is -2.11. The summed E-state index contributed by atoms with van der Waals surface area (Å²) in [6, 6.07) is 13.5. The number of hydrogen-bond acceptors (Lipinski definition) is 5. The van der Waals surface area contributed by atoms with E-state index in [-0.39, 0.29) is 24.3 Å². The maximum atomic E-state index is 11.9. The lowest BCUT2D eigenvalue weighted by Gasteiger charge is -2.07. The van der Waals surface area contributed by atoms with Crippen LogP contribution in [-0.4, -0.2) is 31.5 Å². The standard InChI is InChI=1S/C17H18O5S/c1-23(20,21)10-9-14-8-7-13(11-16(14)18)12-17(19)22-15-5-3-2-4-6-15/h2-8,11,18H,9-10,12H2,1H3. The van der Waals surface area contributed by atoms with Crippen LogP contribution < -0.4 is 4.74 Å². The third kappa shape index (κ3) is 5.75. The number of carbonyl (C=O) groups is 1. The van der Waals surface area contributed by atoms with E-state index in [2.05, 4.69) is 0 Å². The molecule has 0 spiro atoms. The predicted molar refractivity (Wildman–Crippen MR) is 87.3 cm³/mol. The topological polar surface area (TPSA) is 80.7 Å². The van der Waals surface area contributed by atoms with Crippen LogP contribution in [0.4, 0.5) is 0 Å². The van der Waals surface area contributed by atoms with Gasteiger partial charge < -0.3 is 9.84 Å². The van der Waals surface area contributed by atoms with E-state index in [9.17, 15) is 18.3 Å². The fourth-order valence-corrected chi connectivity index (χ4v) is 2.64. The fourth-order valence-electron chi connectivity index (χ4n) is 2.05. The minimum Gasteiger partial charge on any atom is -0.508 e. The van der Waals surface area contributed by atoms with Gasteiger partial charge in [-0.25, -0.2) is 8.42 Å². The molecule has 0 aliphatic carbocycles. The van der Waals surface area contributed by atoms with Gasteiger partial charge in [0.05, 0.1) is 12.2 Å². The summed E-state index contributed by atoms with van der Waals surface area (Å²) in [5.74, 6) is -0.0136. The van der Waals surface area contributed by atoms with Gasteiger partial charge in [-0.3, -0.25) is 4.79 Å². The highest BCUT2D eigenvalue weighted by atomic mass is 32.2. The molecule has 0 radical (unpaired) electrons. The van der Waals surface area contributed by atoms with Crippen molar-refractivity contribution in [3.63, 3.8) is 0 Å². The Morgan fingerprint density at radius 3 is 2.43 bits per heavy atom. The van der Waals surface area contributed by atoms with E-state index in [0.717, 1.165) is 6.26 Å². The molecule has 2 rings (SSSR count). The Morgan fingerprint density at radius 1 is 1.13 bits per heavy atom. The SMILES string of the molecule is CS(=O)(=O)CCc1ccc(CC(=O)Oc2ccccc2)cc1O. The van der Waals surface area contributed by atoms with Crippen molar-refractivity contribution < 1.29 is 23.1 Å². The van der Waals surface area contributed by atoms with Gasteiger partial charge in [-0.05, 0) is 35.7 Å². The zero-order valence-corrected chi connectivity index (χ0v) is 13.5. The minimum absolute atomic E-state index is 0.0151. The number of phenolic OH excluding ortho intramolecular Hbond substituents is 1. The molecular weight excluding hydrogens is 316 g/mol. The maximum Gasteiger partial charge on any atom is 0.315 e. The van der Waals surface area contributed by atoms with Gasteiger partial charge in [0.2, 0.25) is 0 Å². The zero-order valence-electron chi connectivity index (χ0n) is 12.7. The Kier molecular flexibility index (Phi) is 5.39. The van der Waals surface area contributed by atoms with Crippen LogP contribution in [0.3, 0.4) is 0 Å². The molecule has 1 N–H and O–H groups in total. The molecule has 6 heteroatoms. The number of hydrogen-bond donors (Lipinski definition) is 1. The first-order valence-corrected chi connectivity index (χ1v) is 9.14. The Bertz CT molecular complexity index is 782. The van der Waals surface area contributed by atoms with Gasteiger partial charge in [-0.1, -0.05) is 30.3 Å². The number of aromatic hydroxyl groups is 1. The molecule has 0 unspecified atom stereocenters. The monoisotopic (exact) mass is 334 g/mol. The summed E-state index contributed by atoms with van der Waals surface area (Å²) in [7, 11) is -3.09. The smallest absolute Gasteiger partial charge is 0.315 e. The number of carbonyl (C=O) groups excluding carboxylic acids is 1. The zero-order chi connectivity index (χ0) is 16.9. The fraction of sp³-hybridized carbons (Fsp3) is 0.235. The molecule has 5 nitrogen and oxygen atoms in total. The summed E-state index contributed by atoms with van der Waals surface area (Å²) in [4.78, 5) is 11.9. The second-order valence-corrected chi connectivity index (χ2v) is 7.57. The number of esters is 1. The Morgan fingerprint density at radius 2 is 1.83 bits per heavy atom. The number of benzene rings is 2. The van der Waals surface area contributed by atoms with Crippen LogP contribution in [0.1, 0.15) is 11.1 Å². The second-order valence-electron chi connectivity index (χ2n) is 5.31. The Balaban J connectivity index is 1.98. The van der Waals surface area contributed by atoms with Crippen molar-refractivity contribution in [1.29, 1.82) is 0 Å². The summed E-state index contributed by atoms with van der Waals surface area (Å²) in [5, 5.41) is 9.94. The molecular formula is C17H18O5S. The van der Waals surface area contributed by atoms with Gasteiger partial charge in [0, 0.05) is 6.26 Å². The van der Waals surface area contributed by atoms with Crippen LogP contribution in [-0.2, 0) is 27.5 Å². The summed E-state index contributed by atoms with van der Waals surface area (Å²) in [6.07, 6.45) is 1.41. The molecule has 0 heterocycles. The molecule has 0 amide bonds. The van der Waals surface area contributed by atoms with Crippen LogP contribution in [0.15, 0.2) is 48.5 Å². The molecule has 2 aromatic rings. The van der Waals surface area contributed by atoms with E-state index >= 15 is 0 Å². The van der Waals surface area contributed by atoms with Gasteiger partial charge in [0.15, 0.2) is 0 Å². The highest BCUT2D eigenvalue weighted by Crippen LogP contribution is 2.21. The molecule has 2 aromatic carbocycles. The van der Waals surface area contributed by atoms with Gasteiger partial charge in [0.1, 0.15) is 21.3 Å². The molecule has 0 aliphatic heterocycles.